The third-order valence-corrected chi connectivity index (χ3v) is 1.98. The monoisotopic (exact) mass is 217 g/mol. The van der Waals surface area contributed by atoms with Crippen molar-refractivity contribution in [2.75, 3.05) is 33.4 Å². The average molecular weight is 217 g/mol. The Morgan fingerprint density at radius 2 is 2.20 bits per heavy atom. The van der Waals surface area contributed by atoms with Gasteiger partial charge in [-0.1, -0.05) is 6.92 Å². The second kappa shape index (κ2) is 9.93. The summed E-state index contributed by atoms with van der Waals surface area (Å²) < 4.78 is 9.84. The highest BCUT2D eigenvalue weighted by molar-refractivity contribution is 5.69. The molecule has 0 bridgehead atoms. The Labute approximate surface area is 92.3 Å². The molecule has 90 valence electrons. The lowest BCUT2D eigenvalue weighted by atomic mass is 10.2. The van der Waals surface area contributed by atoms with Crippen LogP contribution in [0.25, 0.3) is 0 Å². The van der Waals surface area contributed by atoms with Crippen molar-refractivity contribution in [2.24, 2.45) is 5.92 Å². The van der Waals surface area contributed by atoms with Gasteiger partial charge in [0.25, 0.3) is 0 Å². The van der Waals surface area contributed by atoms with Crippen LogP contribution in [0.2, 0.25) is 0 Å². The summed E-state index contributed by atoms with van der Waals surface area (Å²) in [6, 6.07) is 0. The molecular formula is C11H23NO3. The van der Waals surface area contributed by atoms with E-state index in [1.165, 1.54) is 0 Å². The molecule has 0 fully saturated rings. The molecule has 0 spiro atoms. The molecule has 0 aliphatic heterocycles. The Balaban J connectivity index is 3.20. The average Bonchev–Trinajstić information content (AvgIpc) is 2.18. The van der Waals surface area contributed by atoms with Crippen LogP contribution < -0.4 is 5.32 Å². The number of nitrogens with one attached hydrogen (secondary N) is 1. The fraction of sp³-hybridized carbons (Fsp3) is 0.909. The quantitative estimate of drug-likeness (QED) is 0.466. The highest BCUT2D eigenvalue weighted by Crippen LogP contribution is 1.94. The first-order valence-electron chi connectivity index (χ1n) is 5.56. The fourth-order valence-corrected chi connectivity index (χ4v) is 1.28. The summed E-state index contributed by atoms with van der Waals surface area (Å²) in [5, 5.41) is 3.28. The molecule has 4 heteroatoms. The molecule has 0 aromatic carbocycles. The van der Waals surface area contributed by atoms with Gasteiger partial charge in [0.2, 0.25) is 0 Å². The molecule has 4 nitrogen and oxygen atoms in total. The van der Waals surface area contributed by atoms with Crippen LogP contribution in [0.15, 0.2) is 0 Å². The van der Waals surface area contributed by atoms with Crippen LogP contribution in [0.4, 0.5) is 0 Å². The van der Waals surface area contributed by atoms with Gasteiger partial charge in [0.05, 0.1) is 6.61 Å². The van der Waals surface area contributed by atoms with Crippen molar-refractivity contribution in [3.8, 4) is 0 Å². The maximum Gasteiger partial charge on any atom is 0.305 e. The molecule has 0 aromatic heterocycles. The lowest BCUT2D eigenvalue weighted by molar-refractivity contribution is -0.143. The molecule has 1 unspecified atom stereocenters. The van der Waals surface area contributed by atoms with Crippen LogP contribution in [0.3, 0.4) is 0 Å². The second-order valence-corrected chi connectivity index (χ2v) is 3.67. The Bertz CT molecular complexity index is 162. The molecule has 0 aromatic rings. The number of carbonyl (C=O) groups excluding carboxylic acids is 1. The highest BCUT2D eigenvalue weighted by atomic mass is 16.5. The highest BCUT2D eigenvalue weighted by Gasteiger charge is 2.02. The normalized spacial score (nSPS) is 12.5. The lowest BCUT2D eigenvalue weighted by Crippen LogP contribution is -2.25. The predicted octanol–water partition coefficient (Wildman–Crippen LogP) is 1.20. The van der Waals surface area contributed by atoms with Crippen LogP contribution in [0, 0.1) is 5.92 Å². The van der Waals surface area contributed by atoms with Crippen molar-refractivity contribution in [1.29, 1.82) is 0 Å². The van der Waals surface area contributed by atoms with Gasteiger partial charge >= 0.3 is 5.97 Å². The zero-order valence-electron chi connectivity index (χ0n) is 10.0. The van der Waals surface area contributed by atoms with E-state index in [1.54, 1.807) is 7.11 Å². The molecule has 0 amide bonds. The van der Waals surface area contributed by atoms with E-state index in [0.717, 1.165) is 26.1 Å². The van der Waals surface area contributed by atoms with Gasteiger partial charge in [-0.3, -0.25) is 4.79 Å². The number of esters is 1. The summed E-state index contributed by atoms with van der Waals surface area (Å²) in [6.45, 7) is 6.97. The molecule has 0 heterocycles. The van der Waals surface area contributed by atoms with Crippen molar-refractivity contribution in [2.45, 2.75) is 26.7 Å². The zero-order chi connectivity index (χ0) is 11.5. The number of carbonyl (C=O) groups is 1. The molecule has 1 N–H and O–H groups in total. The fourth-order valence-electron chi connectivity index (χ4n) is 1.28. The Kier molecular flexibility index (Phi) is 9.52. The molecule has 1 atom stereocenters. The van der Waals surface area contributed by atoms with Gasteiger partial charge in [-0.15, -0.1) is 0 Å². The van der Waals surface area contributed by atoms with Crippen molar-refractivity contribution in [3.63, 3.8) is 0 Å². The van der Waals surface area contributed by atoms with Gasteiger partial charge in [0, 0.05) is 20.1 Å². The van der Waals surface area contributed by atoms with E-state index < -0.39 is 0 Å². The summed E-state index contributed by atoms with van der Waals surface area (Å²) in [5.41, 5.74) is 0. The second-order valence-electron chi connectivity index (χ2n) is 3.67. The molecule has 0 rings (SSSR count). The van der Waals surface area contributed by atoms with Gasteiger partial charge in [-0.05, 0) is 32.4 Å². The topological polar surface area (TPSA) is 47.6 Å². The van der Waals surface area contributed by atoms with Crippen molar-refractivity contribution in [3.05, 3.63) is 0 Å². The maximum atomic E-state index is 11.0. The van der Waals surface area contributed by atoms with Crippen LogP contribution in [0.1, 0.15) is 26.7 Å². The Hall–Kier alpha value is -0.610. The molecule has 0 aliphatic rings. The molecule has 0 radical (unpaired) electrons. The van der Waals surface area contributed by atoms with Gasteiger partial charge < -0.3 is 14.8 Å². The summed E-state index contributed by atoms with van der Waals surface area (Å²) in [6.07, 6.45) is 1.33. The van der Waals surface area contributed by atoms with E-state index in [4.69, 9.17) is 9.47 Å². The summed E-state index contributed by atoms with van der Waals surface area (Å²) in [5.74, 6) is 0.404. The molecule has 0 saturated heterocycles. The molecule has 15 heavy (non-hydrogen) atoms. The van der Waals surface area contributed by atoms with Gasteiger partial charge in [-0.2, -0.15) is 0 Å². The number of rotatable bonds is 9. The van der Waals surface area contributed by atoms with Crippen LogP contribution in [-0.4, -0.2) is 39.4 Å². The standard InChI is InChI=1S/C11H23NO3/c1-4-15-11(13)6-5-7-12-8-10(2)9-14-3/h10,12H,4-9H2,1-3H3. The third kappa shape index (κ3) is 9.69. The first-order chi connectivity index (χ1) is 7.20. The van der Waals surface area contributed by atoms with E-state index in [0.29, 0.717) is 18.9 Å². The Morgan fingerprint density at radius 3 is 2.80 bits per heavy atom. The molecule has 0 aliphatic carbocycles. The smallest absolute Gasteiger partial charge is 0.305 e. The first-order valence-corrected chi connectivity index (χ1v) is 5.56. The number of methoxy groups -OCH3 is 1. The SMILES string of the molecule is CCOC(=O)CCCNCC(C)COC. The largest absolute Gasteiger partial charge is 0.466 e. The minimum Gasteiger partial charge on any atom is -0.466 e. The predicted molar refractivity (Wildman–Crippen MR) is 59.8 cm³/mol. The van der Waals surface area contributed by atoms with Gasteiger partial charge in [-0.25, -0.2) is 0 Å². The molecular weight excluding hydrogens is 194 g/mol. The van der Waals surface area contributed by atoms with Crippen LogP contribution in [0.5, 0.6) is 0 Å². The summed E-state index contributed by atoms with van der Waals surface area (Å²) in [4.78, 5) is 11.0. The summed E-state index contributed by atoms with van der Waals surface area (Å²) in [7, 11) is 1.71. The lowest BCUT2D eigenvalue weighted by Gasteiger charge is -2.10. The minimum atomic E-state index is -0.107. The van der Waals surface area contributed by atoms with E-state index in [-0.39, 0.29) is 5.97 Å². The van der Waals surface area contributed by atoms with Crippen molar-refractivity contribution >= 4 is 5.97 Å². The zero-order valence-corrected chi connectivity index (χ0v) is 10.0. The van der Waals surface area contributed by atoms with Crippen LogP contribution in [-0.2, 0) is 14.3 Å². The maximum absolute atomic E-state index is 11.0. The molecule has 0 saturated carbocycles. The van der Waals surface area contributed by atoms with Crippen molar-refractivity contribution < 1.29 is 14.3 Å². The van der Waals surface area contributed by atoms with E-state index in [2.05, 4.69) is 12.2 Å². The van der Waals surface area contributed by atoms with Crippen LogP contribution >= 0.6 is 0 Å². The van der Waals surface area contributed by atoms with Gasteiger partial charge in [0.1, 0.15) is 0 Å². The first kappa shape index (κ1) is 14.4. The minimum absolute atomic E-state index is 0.107. The van der Waals surface area contributed by atoms with Gasteiger partial charge in [0.15, 0.2) is 0 Å². The number of hydrogen-bond donors (Lipinski definition) is 1. The summed E-state index contributed by atoms with van der Waals surface area (Å²) >= 11 is 0. The van der Waals surface area contributed by atoms with E-state index >= 15 is 0 Å². The van der Waals surface area contributed by atoms with E-state index in [1.807, 2.05) is 6.92 Å². The number of hydrogen-bond acceptors (Lipinski definition) is 4. The van der Waals surface area contributed by atoms with Crippen molar-refractivity contribution in [1.82, 2.24) is 5.32 Å². The number of ether oxygens (including phenoxy) is 2. The third-order valence-electron chi connectivity index (χ3n) is 1.98. The van der Waals surface area contributed by atoms with E-state index in [9.17, 15) is 4.79 Å². The Morgan fingerprint density at radius 1 is 1.47 bits per heavy atom.